The molecule has 0 aliphatic carbocycles. The summed E-state index contributed by atoms with van der Waals surface area (Å²) in [6, 6.07) is -0.876. The van der Waals surface area contributed by atoms with Crippen molar-refractivity contribution in [3.8, 4) is 0 Å². The van der Waals surface area contributed by atoms with Crippen molar-refractivity contribution in [2.45, 2.75) is 199 Å². The lowest BCUT2D eigenvalue weighted by atomic mass is 10.0. The van der Waals surface area contributed by atoms with Crippen molar-refractivity contribution in [3.63, 3.8) is 0 Å². The number of rotatable bonds is 43. The maximum atomic E-state index is 12.9. The van der Waals surface area contributed by atoms with Crippen LogP contribution in [0.5, 0.6) is 0 Å². The van der Waals surface area contributed by atoms with Crippen LogP contribution in [-0.2, 0) is 18.4 Å². The molecule has 0 bridgehead atoms. The normalized spacial score (nSPS) is 14.9. The molecule has 0 fully saturated rings. The summed E-state index contributed by atoms with van der Waals surface area (Å²) >= 11 is 0. The molecule has 0 aliphatic heterocycles. The molecule has 0 rings (SSSR count). The van der Waals surface area contributed by atoms with Gasteiger partial charge in [0.15, 0.2) is 0 Å². The average Bonchev–Trinajstić information content (AvgIpc) is 3.21. The second-order valence-electron chi connectivity index (χ2n) is 17.4. The van der Waals surface area contributed by atoms with E-state index < -0.39 is 20.0 Å². The molecule has 0 saturated heterocycles. The van der Waals surface area contributed by atoms with E-state index in [1.165, 1.54) is 89.9 Å². The molecular formula is C52H94N2O6P+. The zero-order valence-corrected chi connectivity index (χ0v) is 40.8. The van der Waals surface area contributed by atoms with Gasteiger partial charge in [-0.3, -0.25) is 13.8 Å². The SMILES string of the molecule is CC/C=C\C/C=C\C/C=C\C/C=C\CCCCCCCCCCCCC(=O)NC(COP(=O)(O)OCC[N+](C)(C)C)C(O)/C=C/CC/C=C/CC/C=C/CCCCCCCC. The number of hydrogen-bond donors (Lipinski definition) is 3. The third-order valence-electron chi connectivity index (χ3n) is 10.3. The number of nitrogens with one attached hydrogen (secondary N) is 1. The van der Waals surface area contributed by atoms with Crippen molar-refractivity contribution in [2.24, 2.45) is 0 Å². The molecule has 1 amide bonds. The van der Waals surface area contributed by atoms with Gasteiger partial charge in [0.2, 0.25) is 5.91 Å². The summed E-state index contributed by atoms with van der Waals surface area (Å²) in [6.07, 6.45) is 59.4. The number of nitrogens with zero attached hydrogens (tertiary/aromatic N) is 1. The molecule has 3 atom stereocenters. The summed E-state index contributed by atoms with van der Waals surface area (Å²) in [5.74, 6) is -0.200. The molecule has 0 aromatic carbocycles. The van der Waals surface area contributed by atoms with Crippen LogP contribution >= 0.6 is 7.82 Å². The third-order valence-corrected chi connectivity index (χ3v) is 11.3. The molecule has 9 heteroatoms. The van der Waals surface area contributed by atoms with E-state index in [2.05, 4.69) is 92.1 Å². The molecule has 3 N–H and O–H groups in total. The Hall–Kier alpha value is -2.32. The zero-order chi connectivity index (χ0) is 45.0. The highest BCUT2D eigenvalue weighted by Crippen LogP contribution is 2.43. The van der Waals surface area contributed by atoms with E-state index in [9.17, 15) is 19.4 Å². The highest BCUT2D eigenvalue weighted by atomic mass is 31.2. The van der Waals surface area contributed by atoms with E-state index in [-0.39, 0.29) is 19.1 Å². The Bertz CT molecular complexity index is 1260. The predicted octanol–water partition coefficient (Wildman–Crippen LogP) is 14.1. The van der Waals surface area contributed by atoms with E-state index in [0.29, 0.717) is 17.4 Å². The second-order valence-corrected chi connectivity index (χ2v) is 18.9. The maximum Gasteiger partial charge on any atom is 0.472 e. The third kappa shape index (κ3) is 45.5. The number of unbranched alkanes of at least 4 members (excludes halogenated alkanes) is 18. The van der Waals surface area contributed by atoms with Crippen LogP contribution < -0.4 is 5.32 Å². The fraction of sp³-hybridized carbons (Fsp3) is 0.712. The van der Waals surface area contributed by atoms with Gasteiger partial charge >= 0.3 is 7.82 Å². The van der Waals surface area contributed by atoms with Gasteiger partial charge in [-0.05, 0) is 83.5 Å². The number of aliphatic hydroxyl groups is 1. The number of phosphoric ester groups is 1. The topological polar surface area (TPSA) is 105 Å². The van der Waals surface area contributed by atoms with Crippen LogP contribution in [0.15, 0.2) is 85.1 Å². The second kappa shape index (κ2) is 43.0. The van der Waals surface area contributed by atoms with Crippen LogP contribution in [0.1, 0.15) is 187 Å². The van der Waals surface area contributed by atoms with Crippen LogP contribution in [0.25, 0.3) is 0 Å². The van der Waals surface area contributed by atoms with Crippen molar-refractivity contribution in [1.29, 1.82) is 0 Å². The van der Waals surface area contributed by atoms with E-state index in [0.717, 1.165) is 77.0 Å². The van der Waals surface area contributed by atoms with Gasteiger partial charge in [-0.15, -0.1) is 0 Å². The Morgan fingerprint density at radius 1 is 0.574 bits per heavy atom. The van der Waals surface area contributed by atoms with Crippen molar-refractivity contribution < 1.29 is 32.9 Å². The van der Waals surface area contributed by atoms with Crippen LogP contribution in [0.3, 0.4) is 0 Å². The minimum Gasteiger partial charge on any atom is -0.387 e. The molecule has 0 saturated carbocycles. The molecule has 0 aromatic heterocycles. The first-order chi connectivity index (χ1) is 29.5. The molecule has 8 nitrogen and oxygen atoms in total. The standard InChI is InChI=1S/C52H93N2O6P/c1-6-8-10-12-14-16-18-20-22-24-25-26-27-28-29-30-32-34-36-38-40-42-44-46-52(56)53-50(49-60-61(57,58)59-48-47-54(3,4)5)51(55)45-43-41-39-37-35-33-31-23-21-19-17-15-13-11-9-7-2/h8,10,14,16,20-23,25-26,35,37,43,45,50-51,55H,6-7,9,11-13,15,17-19,24,27-34,36,38-42,44,46-49H2,1-5H3,(H-,53,56,57,58)/p+1/b10-8-,16-14-,22-20-,23-21+,26-25-,37-35+,45-43+. The zero-order valence-electron chi connectivity index (χ0n) is 39.9. The van der Waals surface area contributed by atoms with Crippen molar-refractivity contribution in [3.05, 3.63) is 85.1 Å². The largest absolute Gasteiger partial charge is 0.472 e. The number of carbonyl (C=O) groups is 1. The Morgan fingerprint density at radius 2 is 1.00 bits per heavy atom. The molecule has 3 unspecified atom stereocenters. The quantitative estimate of drug-likeness (QED) is 0.0244. The summed E-state index contributed by atoms with van der Waals surface area (Å²) in [6.45, 7) is 4.64. The van der Waals surface area contributed by atoms with Crippen LogP contribution in [0.4, 0.5) is 0 Å². The fourth-order valence-corrected chi connectivity index (χ4v) is 7.21. The number of likely N-dealkylation sites (N-methyl/N-ethyl adjacent to an activating group) is 1. The summed E-state index contributed by atoms with van der Waals surface area (Å²) < 4.78 is 23.6. The Balaban J connectivity index is 4.40. The molecule has 0 heterocycles. The van der Waals surface area contributed by atoms with E-state index in [1.807, 2.05) is 27.2 Å². The highest BCUT2D eigenvalue weighted by molar-refractivity contribution is 7.47. The number of hydrogen-bond acceptors (Lipinski definition) is 5. The molecule has 0 aromatic rings. The van der Waals surface area contributed by atoms with Crippen LogP contribution in [-0.4, -0.2) is 73.4 Å². The van der Waals surface area contributed by atoms with Crippen molar-refractivity contribution >= 4 is 13.7 Å². The smallest absolute Gasteiger partial charge is 0.387 e. The monoisotopic (exact) mass is 874 g/mol. The molecule has 0 radical (unpaired) electrons. The number of carbonyl (C=O) groups excluding carboxylic acids is 1. The van der Waals surface area contributed by atoms with Gasteiger partial charge < -0.3 is 19.8 Å². The average molecular weight is 874 g/mol. The number of aliphatic hydroxyl groups excluding tert-OH is 1. The van der Waals surface area contributed by atoms with E-state index in [4.69, 9.17) is 9.05 Å². The first-order valence-corrected chi connectivity index (χ1v) is 26.0. The van der Waals surface area contributed by atoms with Crippen molar-refractivity contribution in [2.75, 3.05) is 40.9 Å². The van der Waals surface area contributed by atoms with E-state index in [1.54, 1.807) is 6.08 Å². The Morgan fingerprint density at radius 3 is 1.51 bits per heavy atom. The lowest BCUT2D eigenvalue weighted by molar-refractivity contribution is -0.870. The van der Waals surface area contributed by atoms with Gasteiger partial charge in [0.25, 0.3) is 0 Å². The molecule has 61 heavy (non-hydrogen) atoms. The van der Waals surface area contributed by atoms with Gasteiger partial charge in [-0.25, -0.2) is 4.57 Å². The predicted molar refractivity (Wildman–Crippen MR) is 263 cm³/mol. The van der Waals surface area contributed by atoms with Crippen molar-refractivity contribution in [1.82, 2.24) is 5.32 Å². The Labute approximate surface area is 376 Å². The van der Waals surface area contributed by atoms with Gasteiger partial charge in [0.05, 0.1) is 39.9 Å². The van der Waals surface area contributed by atoms with Gasteiger partial charge in [0, 0.05) is 6.42 Å². The number of allylic oxidation sites excluding steroid dienone is 13. The minimum atomic E-state index is -4.36. The lowest BCUT2D eigenvalue weighted by Crippen LogP contribution is -2.45. The van der Waals surface area contributed by atoms with Crippen LogP contribution in [0, 0.1) is 0 Å². The summed E-state index contributed by atoms with van der Waals surface area (Å²) in [5, 5.41) is 13.8. The van der Waals surface area contributed by atoms with E-state index >= 15 is 0 Å². The van der Waals surface area contributed by atoms with Gasteiger partial charge in [-0.2, -0.15) is 0 Å². The highest BCUT2D eigenvalue weighted by Gasteiger charge is 2.27. The summed E-state index contributed by atoms with van der Waals surface area (Å²) in [4.78, 5) is 23.2. The summed E-state index contributed by atoms with van der Waals surface area (Å²) in [5.41, 5.74) is 0. The number of quaternary nitrogens is 1. The first-order valence-electron chi connectivity index (χ1n) is 24.5. The maximum absolute atomic E-state index is 12.9. The van der Waals surface area contributed by atoms with Gasteiger partial charge in [0.1, 0.15) is 13.2 Å². The fourth-order valence-electron chi connectivity index (χ4n) is 6.47. The molecule has 352 valence electrons. The summed E-state index contributed by atoms with van der Waals surface area (Å²) in [7, 11) is 1.53. The molecule has 0 spiro atoms. The van der Waals surface area contributed by atoms with Crippen LogP contribution in [0.2, 0.25) is 0 Å². The Kier molecular flexibility index (Phi) is 41.3. The number of phosphoric acid groups is 1. The molecular weight excluding hydrogens is 780 g/mol. The molecule has 0 aliphatic rings. The first kappa shape index (κ1) is 58.7. The lowest BCUT2D eigenvalue weighted by Gasteiger charge is -2.25. The van der Waals surface area contributed by atoms with Gasteiger partial charge in [-0.1, -0.05) is 182 Å². The minimum absolute atomic E-state index is 0.0486. The number of amides is 1.